The zero-order valence-electron chi connectivity index (χ0n) is 8.70. The van der Waals surface area contributed by atoms with Gasteiger partial charge in [-0.15, -0.1) is 0 Å². The van der Waals surface area contributed by atoms with Crippen LogP contribution >= 0.6 is 0 Å². The Hall–Kier alpha value is -1.86. The lowest BCUT2D eigenvalue weighted by Gasteiger charge is -2.05. The van der Waals surface area contributed by atoms with Gasteiger partial charge in [-0.3, -0.25) is 0 Å². The molecule has 1 aromatic heterocycles. The van der Waals surface area contributed by atoms with Crippen molar-refractivity contribution in [3.05, 3.63) is 35.5 Å². The number of aryl methyl sites for hydroxylation is 1. The van der Waals surface area contributed by atoms with Gasteiger partial charge in [-0.05, 0) is 19.1 Å². The summed E-state index contributed by atoms with van der Waals surface area (Å²) in [6.45, 7) is 3.04. The van der Waals surface area contributed by atoms with Crippen LogP contribution in [0.1, 0.15) is 11.3 Å². The van der Waals surface area contributed by atoms with Gasteiger partial charge in [0.25, 0.3) is 0 Å². The highest BCUT2D eigenvalue weighted by atomic mass is 15.0. The van der Waals surface area contributed by atoms with Crippen molar-refractivity contribution in [1.82, 2.24) is 4.98 Å². The molecule has 0 aliphatic carbocycles. The molecule has 1 heterocycles. The monoisotopic (exact) mass is 202 g/mol. The molecule has 3 N–H and O–H groups in total. The molecule has 0 amide bonds. The molecule has 0 bridgehead atoms. The lowest BCUT2D eigenvalue weighted by atomic mass is 10.2. The predicted molar refractivity (Wildman–Crippen MR) is 60.4 cm³/mol. The van der Waals surface area contributed by atoms with Crippen LogP contribution < -0.4 is 11.1 Å². The Morgan fingerprint density at radius 2 is 2.33 bits per heavy atom. The standard InChI is InChI=1S/C11H14N4/c1-9-4-5-10(8-13)11(15-9)14-7-3-2-6-12/h2-5H,6-7,12H2,1H3,(H,14,15)/b3-2+. The van der Waals surface area contributed by atoms with Crippen LogP contribution in [0.15, 0.2) is 24.3 Å². The molecule has 4 nitrogen and oxygen atoms in total. The van der Waals surface area contributed by atoms with Crippen LogP contribution in [-0.2, 0) is 0 Å². The SMILES string of the molecule is Cc1ccc(C#N)c(NC/C=C/CN)n1. The van der Waals surface area contributed by atoms with Gasteiger partial charge in [0.2, 0.25) is 0 Å². The van der Waals surface area contributed by atoms with Crippen molar-refractivity contribution in [2.45, 2.75) is 6.92 Å². The maximum Gasteiger partial charge on any atom is 0.144 e. The van der Waals surface area contributed by atoms with Crippen molar-refractivity contribution >= 4 is 5.82 Å². The minimum atomic E-state index is 0.522. The van der Waals surface area contributed by atoms with Crippen LogP contribution in [-0.4, -0.2) is 18.1 Å². The number of hydrogen-bond acceptors (Lipinski definition) is 4. The summed E-state index contributed by atoms with van der Waals surface area (Å²) in [6, 6.07) is 5.67. The van der Waals surface area contributed by atoms with Gasteiger partial charge in [0, 0.05) is 18.8 Å². The van der Waals surface area contributed by atoms with Crippen molar-refractivity contribution in [2.75, 3.05) is 18.4 Å². The van der Waals surface area contributed by atoms with Crippen LogP contribution in [0, 0.1) is 18.3 Å². The average molecular weight is 202 g/mol. The van der Waals surface area contributed by atoms with Crippen LogP contribution in [0.5, 0.6) is 0 Å². The van der Waals surface area contributed by atoms with Gasteiger partial charge >= 0.3 is 0 Å². The lowest BCUT2D eigenvalue weighted by molar-refractivity contribution is 1.14. The fraction of sp³-hybridized carbons (Fsp3) is 0.273. The highest BCUT2D eigenvalue weighted by Gasteiger charge is 2.01. The second kappa shape index (κ2) is 5.78. The molecule has 4 heteroatoms. The van der Waals surface area contributed by atoms with Gasteiger partial charge < -0.3 is 11.1 Å². The number of rotatable bonds is 4. The van der Waals surface area contributed by atoms with E-state index in [1.807, 2.05) is 25.1 Å². The maximum atomic E-state index is 8.84. The van der Waals surface area contributed by atoms with Crippen molar-refractivity contribution in [1.29, 1.82) is 5.26 Å². The van der Waals surface area contributed by atoms with Gasteiger partial charge in [-0.1, -0.05) is 12.2 Å². The number of aromatic nitrogens is 1. The Labute approximate surface area is 89.4 Å². The third-order valence-corrected chi connectivity index (χ3v) is 1.85. The Bertz CT molecular complexity index is 390. The average Bonchev–Trinajstić information content (AvgIpc) is 2.25. The van der Waals surface area contributed by atoms with E-state index in [2.05, 4.69) is 16.4 Å². The second-order valence-electron chi connectivity index (χ2n) is 3.05. The quantitative estimate of drug-likeness (QED) is 0.719. The first kappa shape index (κ1) is 11.2. The summed E-state index contributed by atoms with van der Waals surface area (Å²) in [4.78, 5) is 4.24. The molecular weight excluding hydrogens is 188 g/mol. The predicted octanol–water partition coefficient (Wildman–Crippen LogP) is 1.19. The summed E-state index contributed by atoms with van der Waals surface area (Å²) in [7, 11) is 0. The Kier molecular flexibility index (Phi) is 4.32. The minimum Gasteiger partial charge on any atom is -0.365 e. The molecule has 0 spiro atoms. The first-order valence-electron chi connectivity index (χ1n) is 4.74. The van der Waals surface area contributed by atoms with E-state index in [-0.39, 0.29) is 0 Å². The summed E-state index contributed by atoms with van der Waals surface area (Å²) in [5.41, 5.74) is 6.75. The number of hydrogen-bond donors (Lipinski definition) is 2. The Balaban J connectivity index is 2.71. The Morgan fingerprint density at radius 1 is 1.53 bits per heavy atom. The zero-order chi connectivity index (χ0) is 11.1. The molecule has 0 fully saturated rings. The lowest BCUT2D eigenvalue weighted by Crippen LogP contribution is -2.04. The number of nitriles is 1. The van der Waals surface area contributed by atoms with Gasteiger partial charge in [0.05, 0.1) is 5.56 Å². The summed E-state index contributed by atoms with van der Waals surface area (Å²) >= 11 is 0. The molecule has 0 aliphatic heterocycles. The molecule has 0 unspecified atom stereocenters. The van der Waals surface area contributed by atoms with E-state index in [1.165, 1.54) is 0 Å². The van der Waals surface area contributed by atoms with Crippen LogP contribution in [0.2, 0.25) is 0 Å². The molecule has 1 rings (SSSR count). The topological polar surface area (TPSA) is 74.7 Å². The molecule has 1 aromatic rings. The normalized spacial score (nSPS) is 10.2. The minimum absolute atomic E-state index is 0.522. The van der Waals surface area contributed by atoms with Gasteiger partial charge in [0.1, 0.15) is 11.9 Å². The summed E-state index contributed by atoms with van der Waals surface area (Å²) in [6.07, 6.45) is 3.76. The maximum absolute atomic E-state index is 8.84. The molecule has 0 saturated carbocycles. The first-order chi connectivity index (χ1) is 7.27. The van der Waals surface area contributed by atoms with Crippen molar-refractivity contribution in [3.63, 3.8) is 0 Å². The third kappa shape index (κ3) is 3.41. The van der Waals surface area contributed by atoms with Crippen LogP contribution in [0.4, 0.5) is 5.82 Å². The van der Waals surface area contributed by atoms with Gasteiger partial charge in [-0.25, -0.2) is 4.98 Å². The number of nitrogens with zero attached hydrogens (tertiary/aromatic N) is 2. The van der Waals surface area contributed by atoms with E-state index in [0.29, 0.717) is 24.5 Å². The molecule has 0 saturated heterocycles. The van der Waals surface area contributed by atoms with Gasteiger partial charge in [0.15, 0.2) is 0 Å². The van der Waals surface area contributed by atoms with Crippen molar-refractivity contribution < 1.29 is 0 Å². The fourth-order valence-corrected chi connectivity index (χ4v) is 1.12. The van der Waals surface area contributed by atoms with E-state index in [4.69, 9.17) is 11.0 Å². The molecule has 0 atom stereocenters. The van der Waals surface area contributed by atoms with Crippen LogP contribution in [0.25, 0.3) is 0 Å². The Morgan fingerprint density at radius 3 is 3.00 bits per heavy atom. The van der Waals surface area contributed by atoms with Gasteiger partial charge in [-0.2, -0.15) is 5.26 Å². The molecule has 78 valence electrons. The van der Waals surface area contributed by atoms with E-state index in [0.717, 1.165) is 5.69 Å². The van der Waals surface area contributed by atoms with Crippen LogP contribution in [0.3, 0.4) is 0 Å². The van der Waals surface area contributed by atoms with E-state index in [1.54, 1.807) is 6.07 Å². The van der Waals surface area contributed by atoms with E-state index < -0.39 is 0 Å². The summed E-state index contributed by atoms with van der Waals surface area (Å²) in [5.74, 6) is 0.624. The van der Waals surface area contributed by atoms with E-state index in [9.17, 15) is 0 Å². The van der Waals surface area contributed by atoms with Crippen molar-refractivity contribution in [2.24, 2.45) is 5.73 Å². The molecule has 0 aromatic carbocycles. The first-order valence-corrected chi connectivity index (χ1v) is 4.74. The largest absolute Gasteiger partial charge is 0.365 e. The van der Waals surface area contributed by atoms with Crippen molar-refractivity contribution in [3.8, 4) is 6.07 Å². The highest BCUT2D eigenvalue weighted by Crippen LogP contribution is 2.11. The molecule has 0 radical (unpaired) electrons. The molecule has 15 heavy (non-hydrogen) atoms. The zero-order valence-corrected chi connectivity index (χ0v) is 8.70. The summed E-state index contributed by atoms with van der Waals surface area (Å²) < 4.78 is 0. The molecular formula is C11H14N4. The van der Waals surface area contributed by atoms with E-state index >= 15 is 0 Å². The number of nitrogens with one attached hydrogen (secondary N) is 1. The molecule has 0 aliphatic rings. The number of anilines is 1. The smallest absolute Gasteiger partial charge is 0.144 e. The fourth-order valence-electron chi connectivity index (χ4n) is 1.12. The third-order valence-electron chi connectivity index (χ3n) is 1.85. The highest BCUT2D eigenvalue weighted by molar-refractivity contribution is 5.52. The second-order valence-corrected chi connectivity index (χ2v) is 3.05. The number of pyridine rings is 1. The number of nitrogens with two attached hydrogens (primary N) is 1. The summed E-state index contributed by atoms with van der Waals surface area (Å²) in [5, 5.41) is 11.9.